The highest BCUT2D eigenvalue weighted by Crippen LogP contribution is 2.22. The number of carbonyl (C=O) groups is 1. The molecule has 4 heteroatoms. The van der Waals surface area contributed by atoms with Crippen molar-refractivity contribution < 1.29 is 9.53 Å². The summed E-state index contributed by atoms with van der Waals surface area (Å²) in [7, 11) is 5.76. The summed E-state index contributed by atoms with van der Waals surface area (Å²) < 4.78 is 5.31. The number of amides is 1. The van der Waals surface area contributed by atoms with Crippen molar-refractivity contribution in [2.45, 2.75) is 27.3 Å². The predicted octanol–water partition coefficient (Wildman–Crippen LogP) is 3.40. The molecule has 0 fully saturated rings. The van der Waals surface area contributed by atoms with Gasteiger partial charge in [-0.1, -0.05) is 19.6 Å². The summed E-state index contributed by atoms with van der Waals surface area (Å²) in [5.41, 5.74) is 1.13. The number of ether oxygens (including phenoxy) is 1. The molecule has 1 rings (SSSR count). The maximum Gasteiger partial charge on any atom is 0.414 e. The van der Waals surface area contributed by atoms with E-state index in [0.29, 0.717) is 12.3 Å². The average Bonchev–Trinajstić information content (AvgIpc) is 2.36. The molecule has 0 heterocycles. The minimum atomic E-state index is -0.327. The first-order chi connectivity index (χ1) is 8.45. The molecule has 0 aromatic heterocycles. The Morgan fingerprint density at radius 2 is 1.95 bits per heavy atom. The van der Waals surface area contributed by atoms with Gasteiger partial charge in [0.2, 0.25) is 0 Å². The molecule has 0 aliphatic carbocycles. The second-order valence-electron chi connectivity index (χ2n) is 4.59. The molecule has 0 radical (unpaired) electrons. The first kappa shape index (κ1) is 17.4. The Bertz CT molecular complexity index is 405. The number of carbonyl (C=O) groups excluding carboxylic acids is 1. The Balaban J connectivity index is 0.00000324. The maximum atomic E-state index is 11.7. The number of benzene rings is 1. The zero-order valence-electron chi connectivity index (χ0n) is 11.8. The lowest BCUT2D eigenvalue weighted by molar-refractivity contribution is 0.165. The van der Waals surface area contributed by atoms with Crippen LogP contribution < -0.4 is 4.74 Å². The van der Waals surface area contributed by atoms with Gasteiger partial charge in [0.05, 0.1) is 0 Å². The molecule has 0 saturated carbocycles. The van der Waals surface area contributed by atoms with Crippen molar-refractivity contribution in [1.29, 1.82) is 0 Å². The first-order valence-electron chi connectivity index (χ1n) is 6.15. The summed E-state index contributed by atoms with van der Waals surface area (Å²) in [6, 6.07) is 7.93. The van der Waals surface area contributed by atoms with Crippen LogP contribution in [0.3, 0.4) is 0 Å². The van der Waals surface area contributed by atoms with E-state index in [2.05, 4.69) is 11.8 Å². The fourth-order valence-electron chi connectivity index (χ4n) is 1.44. The number of hydrogen-bond donors (Lipinski definition) is 0. The van der Waals surface area contributed by atoms with E-state index in [9.17, 15) is 4.79 Å². The van der Waals surface area contributed by atoms with Gasteiger partial charge in [-0.2, -0.15) is 0 Å². The lowest BCUT2D eigenvalue weighted by atomic mass is 10.1. The highest BCUT2D eigenvalue weighted by Gasteiger charge is 2.12. The van der Waals surface area contributed by atoms with E-state index < -0.39 is 0 Å². The second kappa shape index (κ2) is 7.79. The van der Waals surface area contributed by atoms with Crippen LogP contribution >= 0.6 is 0 Å². The van der Waals surface area contributed by atoms with Crippen LogP contribution in [-0.4, -0.2) is 43.6 Å². The third-order valence-corrected chi connectivity index (χ3v) is 3.11. The molecule has 0 aliphatic heterocycles. The number of hydrogen-bond acceptors (Lipinski definition) is 3. The average molecular weight is 266 g/mol. The quantitative estimate of drug-likeness (QED) is 0.837. The van der Waals surface area contributed by atoms with Gasteiger partial charge in [0.25, 0.3) is 0 Å². The molecule has 4 nitrogen and oxygen atoms in total. The van der Waals surface area contributed by atoms with Gasteiger partial charge in [-0.25, -0.2) is 4.79 Å². The Morgan fingerprint density at radius 1 is 1.32 bits per heavy atom. The van der Waals surface area contributed by atoms with Gasteiger partial charge in [0.15, 0.2) is 0 Å². The minimum Gasteiger partial charge on any atom is -0.410 e. The highest BCUT2D eigenvalue weighted by molar-refractivity contribution is 5.70. The maximum absolute atomic E-state index is 11.7. The number of rotatable bonds is 4. The molecule has 19 heavy (non-hydrogen) atoms. The van der Waals surface area contributed by atoms with Gasteiger partial charge in [0, 0.05) is 19.6 Å². The smallest absolute Gasteiger partial charge is 0.410 e. The van der Waals surface area contributed by atoms with Crippen LogP contribution in [0.5, 0.6) is 5.75 Å². The first-order valence-corrected chi connectivity index (χ1v) is 6.15. The summed E-state index contributed by atoms with van der Waals surface area (Å²) in [5, 5.41) is 0. The fraction of sp³-hybridized carbons (Fsp3) is 0.533. The van der Waals surface area contributed by atoms with Gasteiger partial charge in [0.1, 0.15) is 5.75 Å². The molecule has 1 amide bonds. The summed E-state index contributed by atoms with van der Waals surface area (Å²) in [5.74, 6) is 0.589. The molecular weight excluding hydrogens is 240 g/mol. The minimum absolute atomic E-state index is 0. The highest BCUT2D eigenvalue weighted by atomic mass is 16.6. The van der Waals surface area contributed by atoms with Crippen molar-refractivity contribution >= 4 is 6.09 Å². The largest absolute Gasteiger partial charge is 0.414 e. The normalized spacial score (nSPS) is 11.7. The van der Waals surface area contributed by atoms with E-state index >= 15 is 0 Å². The van der Waals surface area contributed by atoms with Crippen molar-refractivity contribution in [3.8, 4) is 5.75 Å². The van der Waals surface area contributed by atoms with E-state index in [0.717, 1.165) is 5.56 Å². The summed E-state index contributed by atoms with van der Waals surface area (Å²) in [4.78, 5) is 15.3. The standard InChI is InChI=1S/C14H22N2O2.CH4/c1-6-16(5)14(17)18-13-9-7-8-12(10-13)11(2)15(3)4;/h7-11H,6H2,1-5H3;1H4/t11-;/m0./s1. The third kappa shape index (κ3) is 4.91. The molecule has 0 saturated heterocycles. The van der Waals surface area contributed by atoms with Crippen LogP contribution in [0.2, 0.25) is 0 Å². The monoisotopic (exact) mass is 266 g/mol. The van der Waals surface area contributed by atoms with Crippen molar-refractivity contribution in [3.05, 3.63) is 29.8 Å². The lowest BCUT2D eigenvalue weighted by Crippen LogP contribution is -2.29. The van der Waals surface area contributed by atoms with E-state index in [-0.39, 0.29) is 19.6 Å². The van der Waals surface area contributed by atoms with Crippen LogP contribution in [0.1, 0.15) is 32.9 Å². The van der Waals surface area contributed by atoms with Crippen molar-refractivity contribution in [3.63, 3.8) is 0 Å². The lowest BCUT2D eigenvalue weighted by Gasteiger charge is -2.21. The summed E-state index contributed by atoms with van der Waals surface area (Å²) >= 11 is 0. The van der Waals surface area contributed by atoms with Crippen LogP contribution in [-0.2, 0) is 0 Å². The van der Waals surface area contributed by atoms with Crippen molar-refractivity contribution in [2.75, 3.05) is 27.7 Å². The fourth-order valence-corrected chi connectivity index (χ4v) is 1.44. The van der Waals surface area contributed by atoms with Gasteiger partial charge in [-0.05, 0) is 45.6 Å². The van der Waals surface area contributed by atoms with Crippen LogP contribution in [0.25, 0.3) is 0 Å². The molecule has 1 aromatic rings. The second-order valence-corrected chi connectivity index (χ2v) is 4.59. The molecule has 1 atom stereocenters. The van der Waals surface area contributed by atoms with Gasteiger partial charge in [-0.3, -0.25) is 0 Å². The Labute approximate surface area is 117 Å². The summed E-state index contributed by atoms with van der Waals surface area (Å²) in [6.07, 6.45) is -0.327. The van der Waals surface area contributed by atoms with E-state index in [1.54, 1.807) is 13.1 Å². The van der Waals surface area contributed by atoms with Crippen LogP contribution in [0.4, 0.5) is 4.79 Å². The number of nitrogens with zero attached hydrogens (tertiary/aromatic N) is 2. The Kier molecular flexibility index (Phi) is 7.16. The Morgan fingerprint density at radius 3 is 2.47 bits per heavy atom. The topological polar surface area (TPSA) is 32.8 Å². The zero-order valence-corrected chi connectivity index (χ0v) is 11.8. The molecule has 0 spiro atoms. The summed E-state index contributed by atoms with van der Waals surface area (Å²) in [6.45, 7) is 4.65. The van der Waals surface area contributed by atoms with E-state index in [1.165, 1.54) is 4.90 Å². The molecule has 1 aromatic carbocycles. The molecule has 0 aliphatic rings. The molecule has 0 bridgehead atoms. The van der Waals surface area contributed by atoms with Crippen LogP contribution in [0.15, 0.2) is 24.3 Å². The van der Waals surface area contributed by atoms with Crippen LogP contribution in [0, 0.1) is 0 Å². The Hall–Kier alpha value is -1.55. The van der Waals surface area contributed by atoms with E-state index in [4.69, 9.17) is 4.74 Å². The van der Waals surface area contributed by atoms with Gasteiger partial charge < -0.3 is 14.5 Å². The SMILES string of the molecule is C.CCN(C)C(=O)Oc1cccc([C@H](C)N(C)C)c1. The zero-order chi connectivity index (χ0) is 13.7. The van der Waals surface area contributed by atoms with E-state index in [1.807, 2.05) is 39.2 Å². The van der Waals surface area contributed by atoms with Crippen molar-refractivity contribution in [1.82, 2.24) is 9.80 Å². The van der Waals surface area contributed by atoms with Crippen molar-refractivity contribution in [2.24, 2.45) is 0 Å². The predicted molar refractivity (Wildman–Crippen MR) is 79.6 cm³/mol. The molecule has 108 valence electrons. The molecule has 0 unspecified atom stereocenters. The van der Waals surface area contributed by atoms with Gasteiger partial charge in [-0.15, -0.1) is 0 Å². The third-order valence-electron chi connectivity index (χ3n) is 3.11. The molecular formula is C15H26N2O2. The van der Waals surface area contributed by atoms with Gasteiger partial charge >= 0.3 is 6.09 Å². The molecule has 0 N–H and O–H groups in total.